The van der Waals surface area contributed by atoms with Crippen LogP contribution in [0.2, 0.25) is 0 Å². The maximum Gasteiger partial charge on any atom is 0.150 e. The van der Waals surface area contributed by atoms with Crippen molar-refractivity contribution in [1.82, 2.24) is 0 Å². The molecule has 0 bridgehead atoms. The molecule has 0 heterocycles. The van der Waals surface area contributed by atoms with Gasteiger partial charge < -0.3 is 14.6 Å². The zero-order chi connectivity index (χ0) is 11.1. The third-order valence-electron chi connectivity index (χ3n) is 1.62. The van der Waals surface area contributed by atoms with Crippen molar-refractivity contribution < 1.29 is 19.4 Å². The topological polar surface area (TPSA) is 66.4 Å². The van der Waals surface area contributed by atoms with E-state index in [1.807, 2.05) is 0 Å². The van der Waals surface area contributed by atoms with Crippen LogP contribution in [0.4, 0.5) is 0 Å². The largest absolute Gasteiger partial charge is 0.545 e. The number of hydrogen-bond donors (Lipinski definition) is 0. The van der Waals surface area contributed by atoms with E-state index in [2.05, 4.69) is 0 Å². The summed E-state index contributed by atoms with van der Waals surface area (Å²) in [4.78, 5) is 20.3. The van der Waals surface area contributed by atoms with Crippen molar-refractivity contribution >= 4 is 12.3 Å². The predicted octanol–water partition coefficient (Wildman–Crippen LogP) is 0.184. The van der Waals surface area contributed by atoms with Crippen molar-refractivity contribution in [2.24, 2.45) is 0 Å². The molecule has 1 rings (SSSR count). The molecule has 0 fully saturated rings. The molecule has 0 atom stereocenters. The fourth-order valence-corrected chi connectivity index (χ4v) is 0.931. The van der Waals surface area contributed by atoms with Gasteiger partial charge in [-0.3, -0.25) is 4.79 Å². The standard InChI is InChI=1S/C11H10O4/c12-8-9-3-5-10(6-4-9)15-7-1-2-11(13)14/h1-6,8H,7H2,(H,13,14)/p-1/b2-1+. The van der Waals surface area contributed by atoms with Crippen LogP contribution in [-0.2, 0) is 4.79 Å². The Balaban J connectivity index is 2.44. The van der Waals surface area contributed by atoms with Gasteiger partial charge in [0, 0.05) is 5.56 Å². The van der Waals surface area contributed by atoms with E-state index in [0.717, 1.165) is 12.4 Å². The van der Waals surface area contributed by atoms with Gasteiger partial charge in [-0.15, -0.1) is 0 Å². The van der Waals surface area contributed by atoms with E-state index in [9.17, 15) is 14.7 Å². The number of carbonyl (C=O) groups is 2. The monoisotopic (exact) mass is 205 g/mol. The Labute approximate surface area is 86.8 Å². The van der Waals surface area contributed by atoms with Crippen LogP contribution >= 0.6 is 0 Å². The van der Waals surface area contributed by atoms with Crippen molar-refractivity contribution in [3.05, 3.63) is 42.0 Å². The molecular weight excluding hydrogens is 196 g/mol. The van der Waals surface area contributed by atoms with Gasteiger partial charge in [0.25, 0.3) is 0 Å². The Kier molecular flexibility index (Phi) is 4.09. The lowest BCUT2D eigenvalue weighted by atomic mass is 10.2. The number of carboxylic acids is 1. The first-order valence-electron chi connectivity index (χ1n) is 4.28. The molecule has 0 aliphatic carbocycles. The van der Waals surface area contributed by atoms with Gasteiger partial charge in [0.1, 0.15) is 18.6 Å². The van der Waals surface area contributed by atoms with Crippen LogP contribution < -0.4 is 9.84 Å². The zero-order valence-electron chi connectivity index (χ0n) is 7.88. The number of aliphatic carboxylic acids is 1. The van der Waals surface area contributed by atoms with E-state index in [1.165, 1.54) is 6.08 Å². The predicted molar refractivity (Wildman–Crippen MR) is 51.5 cm³/mol. The van der Waals surface area contributed by atoms with Crippen LogP contribution in [-0.4, -0.2) is 18.9 Å². The SMILES string of the molecule is O=Cc1ccc(OC/C=C/C(=O)[O-])cc1. The fraction of sp³-hybridized carbons (Fsp3) is 0.0909. The second-order valence-corrected chi connectivity index (χ2v) is 2.72. The summed E-state index contributed by atoms with van der Waals surface area (Å²) in [5, 5.41) is 10.0. The van der Waals surface area contributed by atoms with Gasteiger partial charge in [-0.25, -0.2) is 0 Å². The minimum Gasteiger partial charge on any atom is -0.545 e. The van der Waals surface area contributed by atoms with Gasteiger partial charge in [0.05, 0.1) is 5.97 Å². The van der Waals surface area contributed by atoms with Crippen molar-refractivity contribution in [3.63, 3.8) is 0 Å². The second kappa shape index (κ2) is 5.59. The first-order valence-corrected chi connectivity index (χ1v) is 4.28. The molecule has 0 amide bonds. The van der Waals surface area contributed by atoms with Crippen molar-refractivity contribution in [3.8, 4) is 5.75 Å². The highest BCUT2D eigenvalue weighted by Crippen LogP contribution is 2.10. The Morgan fingerprint density at radius 1 is 1.33 bits per heavy atom. The average Bonchev–Trinajstić information content (AvgIpc) is 2.25. The van der Waals surface area contributed by atoms with Crippen molar-refractivity contribution in [1.29, 1.82) is 0 Å². The minimum atomic E-state index is -1.25. The molecule has 0 saturated carbocycles. The highest BCUT2D eigenvalue weighted by atomic mass is 16.5. The van der Waals surface area contributed by atoms with Crippen LogP contribution in [0.15, 0.2) is 36.4 Å². The third kappa shape index (κ3) is 4.08. The van der Waals surface area contributed by atoms with Gasteiger partial charge in [0.2, 0.25) is 0 Å². The summed E-state index contributed by atoms with van der Waals surface area (Å²) in [5.41, 5.74) is 0.563. The molecule has 1 aromatic rings. The Morgan fingerprint density at radius 2 is 2.00 bits per heavy atom. The number of rotatable bonds is 5. The lowest BCUT2D eigenvalue weighted by Crippen LogP contribution is -2.18. The molecule has 0 radical (unpaired) electrons. The summed E-state index contributed by atoms with van der Waals surface area (Å²) < 4.78 is 5.16. The molecule has 0 spiro atoms. The number of benzene rings is 1. The Bertz CT molecular complexity index is 365. The molecule has 4 heteroatoms. The van der Waals surface area contributed by atoms with E-state index in [4.69, 9.17) is 4.74 Å². The van der Waals surface area contributed by atoms with Gasteiger partial charge >= 0.3 is 0 Å². The first-order chi connectivity index (χ1) is 7.22. The number of aldehydes is 1. The quantitative estimate of drug-likeness (QED) is 0.508. The Hall–Kier alpha value is -2.10. The van der Waals surface area contributed by atoms with Gasteiger partial charge in [0.15, 0.2) is 0 Å². The van der Waals surface area contributed by atoms with E-state index in [-0.39, 0.29) is 6.61 Å². The van der Waals surface area contributed by atoms with Crippen LogP contribution in [0.1, 0.15) is 10.4 Å². The summed E-state index contributed by atoms with van der Waals surface area (Å²) in [7, 11) is 0. The maximum absolute atomic E-state index is 10.3. The van der Waals surface area contributed by atoms with Crippen LogP contribution in [0.5, 0.6) is 5.75 Å². The van der Waals surface area contributed by atoms with E-state index in [1.54, 1.807) is 24.3 Å². The number of carbonyl (C=O) groups excluding carboxylic acids is 2. The normalized spacial score (nSPS) is 10.1. The summed E-state index contributed by atoms with van der Waals surface area (Å²) in [6.45, 7) is 0.147. The lowest BCUT2D eigenvalue weighted by molar-refractivity contribution is -0.297. The molecule has 0 saturated heterocycles. The highest BCUT2D eigenvalue weighted by molar-refractivity contribution is 5.77. The molecule has 78 valence electrons. The van der Waals surface area contributed by atoms with Crippen LogP contribution in [0.3, 0.4) is 0 Å². The van der Waals surface area contributed by atoms with E-state index < -0.39 is 5.97 Å². The van der Waals surface area contributed by atoms with Gasteiger partial charge in [-0.1, -0.05) is 0 Å². The maximum atomic E-state index is 10.3. The third-order valence-corrected chi connectivity index (χ3v) is 1.62. The fourth-order valence-electron chi connectivity index (χ4n) is 0.931. The summed E-state index contributed by atoms with van der Waals surface area (Å²) in [6, 6.07) is 6.50. The van der Waals surface area contributed by atoms with E-state index in [0.29, 0.717) is 11.3 Å². The summed E-state index contributed by atoms with van der Waals surface area (Å²) >= 11 is 0. The van der Waals surface area contributed by atoms with Crippen molar-refractivity contribution in [2.45, 2.75) is 0 Å². The number of carboxylic acid groups (broad SMARTS) is 1. The highest BCUT2D eigenvalue weighted by Gasteiger charge is 1.92. The number of hydrogen-bond acceptors (Lipinski definition) is 4. The molecule has 0 unspecified atom stereocenters. The molecule has 4 nitrogen and oxygen atoms in total. The van der Waals surface area contributed by atoms with Crippen molar-refractivity contribution in [2.75, 3.05) is 6.61 Å². The minimum absolute atomic E-state index is 0.147. The molecular formula is C11H9O4-. The van der Waals surface area contributed by atoms with Crippen LogP contribution in [0, 0.1) is 0 Å². The summed E-state index contributed by atoms with van der Waals surface area (Å²) in [6.07, 6.45) is 2.97. The first kappa shape index (κ1) is 11.0. The number of ether oxygens (including phenoxy) is 1. The van der Waals surface area contributed by atoms with Gasteiger partial charge in [-0.05, 0) is 36.4 Å². The molecule has 0 N–H and O–H groups in total. The second-order valence-electron chi connectivity index (χ2n) is 2.72. The van der Waals surface area contributed by atoms with Gasteiger partial charge in [-0.2, -0.15) is 0 Å². The smallest absolute Gasteiger partial charge is 0.150 e. The molecule has 0 aliphatic rings. The average molecular weight is 205 g/mol. The van der Waals surface area contributed by atoms with Crippen LogP contribution in [0.25, 0.3) is 0 Å². The zero-order valence-corrected chi connectivity index (χ0v) is 7.88. The Morgan fingerprint density at radius 3 is 2.53 bits per heavy atom. The molecule has 1 aromatic carbocycles. The molecule has 0 aromatic heterocycles. The molecule has 15 heavy (non-hydrogen) atoms. The van der Waals surface area contributed by atoms with E-state index >= 15 is 0 Å². The lowest BCUT2D eigenvalue weighted by Gasteiger charge is -2.02. The molecule has 0 aliphatic heterocycles. The summed E-state index contributed by atoms with van der Waals surface area (Å²) in [5.74, 6) is -0.682.